The average Bonchev–Trinajstić information content (AvgIpc) is 2.77. The lowest BCUT2D eigenvalue weighted by atomic mass is 9.97. The lowest BCUT2D eigenvalue weighted by molar-refractivity contribution is -0.123. The van der Waals surface area contributed by atoms with E-state index in [1.165, 1.54) is 16.4 Å². The van der Waals surface area contributed by atoms with Crippen molar-refractivity contribution in [2.45, 2.75) is 51.0 Å². The van der Waals surface area contributed by atoms with E-state index in [2.05, 4.69) is 10.6 Å². The van der Waals surface area contributed by atoms with E-state index in [4.69, 9.17) is 4.74 Å². The third-order valence-corrected chi connectivity index (χ3v) is 7.99. The number of rotatable bonds is 5. The van der Waals surface area contributed by atoms with Gasteiger partial charge in [-0.3, -0.25) is 9.59 Å². The second-order valence-electron chi connectivity index (χ2n) is 8.71. The van der Waals surface area contributed by atoms with E-state index in [0.29, 0.717) is 30.7 Å². The number of nitrogens with one attached hydrogen (secondary N) is 2. The Morgan fingerprint density at radius 1 is 1.12 bits per heavy atom. The van der Waals surface area contributed by atoms with Crippen molar-refractivity contribution in [3.8, 4) is 5.75 Å². The van der Waals surface area contributed by atoms with Crippen LogP contribution >= 0.6 is 0 Å². The molecule has 0 radical (unpaired) electrons. The van der Waals surface area contributed by atoms with Gasteiger partial charge in [-0.15, -0.1) is 0 Å². The van der Waals surface area contributed by atoms with Gasteiger partial charge in [-0.25, -0.2) is 8.42 Å². The number of aryl methyl sites for hydroxylation is 2. The maximum Gasteiger partial charge on any atom is 0.265 e. The lowest BCUT2D eigenvalue weighted by Gasteiger charge is -2.31. The molecule has 2 aromatic carbocycles. The highest BCUT2D eigenvalue weighted by Crippen LogP contribution is 2.34. The first-order valence-corrected chi connectivity index (χ1v) is 12.6. The summed E-state index contributed by atoms with van der Waals surface area (Å²) in [6, 6.07) is 10.4. The van der Waals surface area contributed by atoms with Crippen molar-refractivity contribution >= 4 is 33.2 Å². The van der Waals surface area contributed by atoms with Crippen molar-refractivity contribution in [3.63, 3.8) is 0 Å². The monoisotopic (exact) mass is 471 g/mol. The van der Waals surface area contributed by atoms with Crippen LogP contribution in [-0.4, -0.2) is 43.7 Å². The number of amides is 2. The number of nitrogens with zero attached hydrogens (tertiary/aromatic N) is 1. The lowest BCUT2D eigenvalue weighted by Crippen LogP contribution is -2.41. The van der Waals surface area contributed by atoms with Crippen LogP contribution in [0.1, 0.15) is 37.3 Å². The van der Waals surface area contributed by atoms with Crippen LogP contribution in [0.4, 0.5) is 11.4 Å². The third kappa shape index (κ3) is 4.89. The van der Waals surface area contributed by atoms with Gasteiger partial charge in [0.1, 0.15) is 5.75 Å². The molecule has 0 aromatic heterocycles. The van der Waals surface area contributed by atoms with Gasteiger partial charge < -0.3 is 15.4 Å². The molecule has 0 spiro atoms. The van der Waals surface area contributed by atoms with Crippen LogP contribution in [0.5, 0.6) is 5.75 Å². The molecule has 0 bridgehead atoms. The Bertz CT molecular complexity index is 1170. The largest absolute Gasteiger partial charge is 0.478 e. The first kappa shape index (κ1) is 23.3. The number of sulfonamides is 1. The molecule has 0 aliphatic carbocycles. The molecule has 2 aromatic rings. The molecule has 33 heavy (non-hydrogen) atoms. The average molecular weight is 472 g/mol. The van der Waals surface area contributed by atoms with Gasteiger partial charge in [0, 0.05) is 24.7 Å². The molecule has 176 valence electrons. The molecule has 2 aliphatic rings. The third-order valence-electron chi connectivity index (χ3n) is 6.09. The number of hydrogen-bond acceptors (Lipinski definition) is 5. The van der Waals surface area contributed by atoms with E-state index in [1.807, 2.05) is 39.0 Å². The minimum atomic E-state index is -3.76. The highest BCUT2D eigenvalue weighted by atomic mass is 32.2. The van der Waals surface area contributed by atoms with Gasteiger partial charge in [0.2, 0.25) is 15.9 Å². The molecule has 2 N–H and O–H groups in total. The molecule has 2 aliphatic heterocycles. The smallest absolute Gasteiger partial charge is 0.265 e. The number of anilines is 2. The fourth-order valence-electron chi connectivity index (χ4n) is 4.36. The Balaban J connectivity index is 1.41. The highest BCUT2D eigenvalue weighted by molar-refractivity contribution is 7.89. The van der Waals surface area contributed by atoms with Crippen molar-refractivity contribution in [3.05, 3.63) is 47.5 Å². The second-order valence-corrected chi connectivity index (χ2v) is 10.6. The molecule has 2 heterocycles. The summed E-state index contributed by atoms with van der Waals surface area (Å²) in [6.07, 6.45) is 0.837. The Labute approximate surface area is 194 Å². The Morgan fingerprint density at radius 3 is 2.42 bits per heavy atom. The molecule has 1 atom stereocenters. The maximum atomic E-state index is 13.2. The number of piperidine rings is 1. The van der Waals surface area contributed by atoms with Crippen LogP contribution in [0.3, 0.4) is 0 Å². The number of ether oxygens (including phenoxy) is 1. The van der Waals surface area contributed by atoms with E-state index in [1.54, 1.807) is 6.07 Å². The predicted octanol–water partition coefficient (Wildman–Crippen LogP) is 3.45. The molecule has 1 fully saturated rings. The van der Waals surface area contributed by atoms with Gasteiger partial charge in [0.15, 0.2) is 6.10 Å². The minimum Gasteiger partial charge on any atom is -0.478 e. The molecule has 4 rings (SSSR count). The molecule has 2 amide bonds. The standard InChI is InChI=1S/C24H29N3O5S/c1-4-21-24(29)26-20-14-19(5-6-22(20)32-21)33(30,31)27-9-7-17(8-10-27)23(28)25-18-12-15(2)11-16(3)13-18/h5-6,11-14,17,21H,4,7-10H2,1-3H3,(H,25,28)(H,26,29)/t21-/m1/s1. The predicted molar refractivity (Wildman–Crippen MR) is 126 cm³/mol. The van der Waals surface area contributed by atoms with Gasteiger partial charge in [-0.1, -0.05) is 13.0 Å². The van der Waals surface area contributed by atoms with Gasteiger partial charge in [0.05, 0.1) is 10.6 Å². The van der Waals surface area contributed by atoms with Crippen LogP contribution in [-0.2, 0) is 19.6 Å². The van der Waals surface area contributed by atoms with E-state index in [-0.39, 0.29) is 35.7 Å². The maximum absolute atomic E-state index is 13.2. The van der Waals surface area contributed by atoms with Crippen molar-refractivity contribution in [2.75, 3.05) is 23.7 Å². The summed E-state index contributed by atoms with van der Waals surface area (Å²) in [5.41, 5.74) is 3.26. The number of carbonyl (C=O) groups excluding carboxylic acids is 2. The van der Waals surface area contributed by atoms with Crippen LogP contribution in [0.25, 0.3) is 0 Å². The molecule has 0 saturated carbocycles. The van der Waals surface area contributed by atoms with E-state index in [0.717, 1.165) is 16.8 Å². The van der Waals surface area contributed by atoms with Gasteiger partial charge >= 0.3 is 0 Å². The number of benzene rings is 2. The Hall–Kier alpha value is -2.91. The zero-order chi connectivity index (χ0) is 23.8. The highest BCUT2D eigenvalue weighted by Gasteiger charge is 2.34. The quantitative estimate of drug-likeness (QED) is 0.695. The molecule has 1 saturated heterocycles. The zero-order valence-corrected chi connectivity index (χ0v) is 19.9. The summed E-state index contributed by atoms with van der Waals surface area (Å²) in [5, 5.41) is 5.69. The summed E-state index contributed by atoms with van der Waals surface area (Å²) >= 11 is 0. The summed E-state index contributed by atoms with van der Waals surface area (Å²) in [4.78, 5) is 24.9. The van der Waals surface area contributed by atoms with Crippen molar-refractivity contribution in [1.82, 2.24) is 4.31 Å². The van der Waals surface area contributed by atoms with Crippen molar-refractivity contribution in [1.29, 1.82) is 0 Å². The normalized spacial score (nSPS) is 19.4. The zero-order valence-electron chi connectivity index (χ0n) is 19.1. The van der Waals surface area contributed by atoms with Crippen molar-refractivity contribution in [2.24, 2.45) is 5.92 Å². The number of carbonyl (C=O) groups is 2. The van der Waals surface area contributed by atoms with E-state index >= 15 is 0 Å². The molecule has 0 unspecified atom stereocenters. The van der Waals surface area contributed by atoms with E-state index < -0.39 is 16.1 Å². The molecule has 9 heteroatoms. The fraction of sp³-hybridized carbons (Fsp3) is 0.417. The SMILES string of the molecule is CC[C@H]1Oc2ccc(S(=O)(=O)N3CCC(C(=O)Nc4cc(C)cc(C)c4)CC3)cc2NC1=O. The minimum absolute atomic E-state index is 0.0869. The van der Waals surface area contributed by atoms with Gasteiger partial charge in [-0.2, -0.15) is 4.31 Å². The van der Waals surface area contributed by atoms with Crippen LogP contribution in [0.2, 0.25) is 0 Å². The topological polar surface area (TPSA) is 105 Å². The van der Waals surface area contributed by atoms with Crippen LogP contribution in [0, 0.1) is 19.8 Å². The Morgan fingerprint density at radius 2 is 1.79 bits per heavy atom. The van der Waals surface area contributed by atoms with Gasteiger partial charge in [-0.05, 0) is 74.6 Å². The summed E-state index contributed by atoms with van der Waals surface area (Å²) in [6.45, 7) is 6.31. The summed E-state index contributed by atoms with van der Waals surface area (Å²) < 4.78 is 33.4. The second kappa shape index (κ2) is 9.15. The first-order chi connectivity index (χ1) is 15.7. The molecule has 8 nitrogen and oxygen atoms in total. The van der Waals surface area contributed by atoms with Crippen LogP contribution in [0.15, 0.2) is 41.3 Å². The summed E-state index contributed by atoms with van der Waals surface area (Å²) in [5.74, 6) is -0.159. The van der Waals surface area contributed by atoms with Gasteiger partial charge in [0.25, 0.3) is 5.91 Å². The Kier molecular flexibility index (Phi) is 6.45. The van der Waals surface area contributed by atoms with Crippen molar-refractivity contribution < 1.29 is 22.7 Å². The summed E-state index contributed by atoms with van der Waals surface area (Å²) in [7, 11) is -3.76. The van der Waals surface area contributed by atoms with E-state index in [9.17, 15) is 18.0 Å². The molecular formula is C24H29N3O5S. The first-order valence-electron chi connectivity index (χ1n) is 11.2. The van der Waals surface area contributed by atoms with Crippen LogP contribution < -0.4 is 15.4 Å². The molecular weight excluding hydrogens is 442 g/mol. The fourth-order valence-corrected chi connectivity index (χ4v) is 5.85. The number of hydrogen-bond donors (Lipinski definition) is 2. The number of fused-ring (bicyclic) bond motifs is 1.